The van der Waals surface area contributed by atoms with Gasteiger partial charge in [0.1, 0.15) is 11.0 Å². The Morgan fingerprint density at radius 3 is 2.41 bits per heavy atom. The summed E-state index contributed by atoms with van der Waals surface area (Å²) in [6, 6.07) is 3.82. The third kappa shape index (κ3) is 4.81. The predicted octanol–water partition coefficient (Wildman–Crippen LogP) is 3.05. The van der Waals surface area contributed by atoms with Gasteiger partial charge in [-0.05, 0) is 74.4 Å². The van der Waals surface area contributed by atoms with Crippen LogP contribution in [0.15, 0.2) is 28.9 Å². The fourth-order valence-electron chi connectivity index (χ4n) is 3.77. The summed E-state index contributed by atoms with van der Waals surface area (Å²) in [4.78, 5) is 0. The third-order valence-electron chi connectivity index (χ3n) is 5.25. The highest BCUT2D eigenvalue weighted by Crippen LogP contribution is 2.33. The number of rotatable bonds is 7. The van der Waals surface area contributed by atoms with Gasteiger partial charge in [0.2, 0.25) is 0 Å². The number of phenols is 1. The Labute approximate surface area is 162 Å². The van der Waals surface area contributed by atoms with E-state index in [-0.39, 0.29) is 5.75 Å². The molecule has 1 aliphatic rings. The van der Waals surface area contributed by atoms with Crippen LogP contribution >= 0.6 is 0 Å². The van der Waals surface area contributed by atoms with E-state index in [2.05, 4.69) is 0 Å². The van der Waals surface area contributed by atoms with Crippen LogP contribution in [0.3, 0.4) is 0 Å². The van der Waals surface area contributed by atoms with E-state index in [0.29, 0.717) is 30.6 Å². The molecule has 2 atom stereocenters. The van der Waals surface area contributed by atoms with Crippen molar-refractivity contribution in [3.63, 3.8) is 0 Å². The molecule has 0 amide bonds. The van der Waals surface area contributed by atoms with E-state index in [1.54, 1.807) is 0 Å². The molecule has 2 rings (SSSR count). The van der Waals surface area contributed by atoms with Crippen LogP contribution in [0.1, 0.15) is 49.8 Å². The molecule has 27 heavy (non-hydrogen) atoms. The minimum atomic E-state index is -3.42. The summed E-state index contributed by atoms with van der Waals surface area (Å²) in [7, 11) is -3.42. The maximum atomic E-state index is 12.2. The van der Waals surface area contributed by atoms with Gasteiger partial charge in [-0.1, -0.05) is 24.1 Å². The number of hydrogen-bond donors (Lipinski definition) is 3. The van der Waals surface area contributed by atoms with E-state index >= 15 is 0 Å². The molecule has 0 aliphatic carbocycles. The second-order valence-corrected chi connectivity index (χ2v) is 9.62. The average Bonchev–Trinajstić information content (AvgIpc) is 2.87. The second kappa shape index (κ2) is 8.59. The van der Waals surface area contributed by atoms with Crippen molar-refractivity contribution in [2.75, 3.05) is 12.4 Å². The lowest BCUT2D eigenvalue weighted by molar-refractivity contribution is 0.188. The number of benzene rings is 1. The summed E-state index contributed by atoms with van der Waals surface area (Å²) >= 11 is 0. The van der Waals surface area contributed by atoms with Crippen LogP contribution in [-0.4, -0.2) is 47.5 Å². The average molecular weight is 395 g/mol. The van der Waals surface area contributed by atoms with Crippen LogP contribution in [0.2, 0.25) is 0 Å². The van der Waals surface area contributed by atoms with Crippen molar-refractivity contribution in [3.8, 4) is 5.75 Å². The number of sulfone groups is 1. The predicted molar refractivity (Wildman–Crippen MR) is 108 cm³/mol. The first kappa shape index (κ1) is 21.7. The van der Waals surface area contributed by atoms with Gasteiger partial charge >= 0.3 is 0 Å². The Morgan fingerprint density at radius 2 is 1.89 bits per heavy atom. The van der Waals surface area contributed by atoms with Crippen LogP contribution < -0.4 is 0 Å². The van der Waals surface area contributed by atoms with Gasteiger partial charge in [-0.15, -0.1) is 0 Å². The van der Waals surface area contributed by atoms with Crippen molar-refractivity contribution in [2.45, 2.75) is 58.3 Å². The third-order valence-corrected chi connectivity index (χ3v) is 7.28. The van der Waals surface area contributed by atoms with Crippen LogP contribution in [0.25, 0.3) is 6.08 Å². The molecule has 1 heterocycles. The highest BCUT2D eigenvalue weighted by molar-refractivity contribution is 7.92. The van der Waals surface area contributed by atoms with Crippen molar-refractivity contribution in [1.29, 1.82) is 0 Å². The molecule has 3 N–H and O–H groups in total. The van der Waals surface area contributed by atoms with Crippen molar-refractivity contribution >= 4 is 15.9 Å². The standard InChI is InChI=1S/C21H30O5S/c1-5-17-12-27(25,26)19(11-22)20(17)18(23)7-6-13(2)8-16-9-14(3)21(24)15(4)10-16/h8-10,18-19,22-24H,5-7,11-12H2,1-4H3/b13-8+/t18-,19+/m1/s1. The van der Waals surface area contributed by atoms with Gasteiger partial charge in [-0.2, -0.15) is 0 Å². The monoisotopic (exact) mass is 394 g/mol. The Kier molecular flexibility index (Phi) is 6.89. The summed E-state index contributed by atoms with van der Waals surface area (Å²) < 4.78 is 24.4. The molecule has 0 fully saturated rings. The largest absolute Gasteiger partial charge is 0.507 e. The molecule has 0 saturated heterocycles. The Morgan fingerprint density at radius 1 is 1.30 bits per heavy atom. The molecule has 1 aromatic carbocycles. The summed E-state index contributed by atoms with van der Waals surface area (Å²) in [6.07, 6.45) is 2.71. The Bertz CT molecular complexity index is 842. The van der Waals surface area contributed by atoms with E-state index in [0.717, 1.165) is 27.8 Å². The normalized spacial score (nSPS) is 21.0. The van der Waals surface area contributed by atoms with E-state index < -0.39 is 27.8 Å². The minimum absolute atomic E-state index is 0.0675. The van der Waals surface area contributed by atoms with Crippen LogP contribution in [0.5, 0.6) is 5.75 Å². The zero-order valence-electron chi connectivity index (χ0n) is 16.5. The summed E-state index contributed by atoms with van der Waals surface area (Å²) in [5.41, 5.74) is 4.89. The molecule has 0 unspecified atom stereocenters. The van der Waals surface area contributed by atoms with Gasteiger partial charge in [-0.25, -0.2) is 8.42 Å². The summed E-state index contributed by atoms with van der Waals surface area (Å²) in [5.74, 6) is 0.235. The van der Waals surface area contributed by atoms with Crippen molar-refractivity contribution in [3.05, 3.63) is 45.5 Å². The van der Waals surface area contributed by atoms with Crippen LogP contribution in [0, 0.1) is 13.8 Å². The highest BCUT2D eigenvalue weighted by Gasteiger charge is 2.40. The van der Waals surface area contributed by atoms with Gasteiger partial charge in [0.05, 0.1) is 18.5 Å². The van der Waals surface area contributed by atoms with Gasteiger partial charge < -0.3 is 15.3 Å². The highest BCUT2D eigenvalue weighted by atomic mass is 32.2. The topological polar surface area (TPSA) is 94.8 Å². The zero-order chi connectivity index (χ0) is 20.4. The van der Waals surface area contributed by atoms with Gasteiger partial charge in [-0.3, -0.25) is 0 Å². The lowest BCUT2D eigenvalue weighted by atomic mass is 9.94. The van der Waals surface area contributed by atoms with E-state index in [4.69, 9.17) is 0 Å². The quantitative estimate of drug-likeness (QED) is 0.618. The molecule has 0 saturated carbocycles. The molecular formula is C21H30O5S. The SMILES string of the molecule is CCC1=C([C@H](O)CC/C(C)=C/c2cc(C)c(O)c(C)c2)[C@H](CO)S(=O)(=O)C1. The van der Waals surface area contributed by atoms with Gasteiger partial charge in [0.25, 0.3) is 0 Å². The molecule has 5 nitrogen and oxygen atoms in total. The van der Waals surface area contributed by atoms with Gasteiger partial charge in [0.15, 0.2) is 9.84 Å². The maximum absolute atomic E-state index is 12.2. The first-order valence-corrected chi connectivity index (χ1v) is 11.0. The molecular weight excluding hydrogens is 364 g/mol. The molecule has 0 bridgehead atoms. The maximum Gasteiger partial charge on any atom is 0.163 e. The molecule has 0 aromatic heterocycles. The van der Waals surface area contributed by atoms with Crippen LogP contribution in [-0.2, 0) is 9.84 Å². The lowest BCUT2D eigenvalue weighted by Gasteiger charge is -2.19. The minimum Gasteiger partial charge on any atom is -0.507 e. The van der Waals surface area contributed by atoms with Crippen LogP contribution in [0.4, 0.5) is 0 Å². The molecule has 1 aliphatic heterocycles. The summed E-state index contributed by atoms with van der Waals surface area (Å²) in [5, 5.41) is 29.0. The van der Waals surface area contributed by atoms with Crippen molar-refractivity contribution < 1.29 is 23.7 Å². The smallest absolute Gasteiger partial charge is 0.163 e. The van der Waals surface area contributed by atoms with Gasteiger partial charge in [0, 0.05) is 0 Å². The first-order valence-electron chi connectivity index (χ1n) is 9.30. The molecule has 150 valence electrons. The van der Waals surface area contributed by atoms with Crippen molar-refractivity contribution in [1.82, 2.24) is 0 Å². The molecule has 6 heteroatoms. The number of aromatic hydroxyl groups is 1. The van der Waals surface area contributed by atoms with E-state index in [9.17, 15) is 23.7 Å². The number of allylic oxidation sites excluding steroid dienone is 1. The fourth-order valence-corrected chi connectivity index (χ4v) is 5.76. The molecule has 0 spiro atoms. The lowest BCUT2D eigenvalue weighted by Crippen LogP contribution is -2.29. The van der Waals surface area contributed by atoms with E-state index in [1.807, 2.05) is 45.9 Å². The fraction of sp³-hybridized carbons (Fsp3) is 0.524. The number of aryl methyl sites for hydroxylation is 2. The molecule has 0 radical (unpaired) electrons. The second-order valence-electron chi connectivity index (χ2n) is 7.44. The number of aliphatic hydroxyl groups is 2. The number of phenolic OH excluding ortho intramolecular Hbond substituents is 1. The number of aliphatic hydroxyl groups excluding tert-OH is 2. The number of hydrogen-bond acceptors (Lipinski definition) is 5. The van der Waals surface area contributed by atoms with Crippen molar-refractivity contribution in [2.24, 2.45) is 0 Å². The Balaban J connectivity index is 2.13. The molecule has 1 aromatic rings. The zero-order valence-corrected chi connectivity index (χ0v) is 17.3. The first-order chi connectivity index (χ1) is 12.6. The Hall–Kier alpha value is -1.63. The summed E-state index contributed by atoms with van der Waals surface area (Å²) in [6.45, 7) is 7.06. The van der Waals surface area contributed by atoms with E-state index in [1.165, 1.54) is 0 Å².